The van der Waals surface area contributed by atoms with E-state index in [-0.39, 0.29) is 18.5 Å². The quantitative estimate of drug-likeness (QED) is 0.0320. The number of amides is 1. The van der Waals surface area contributed by atoms with Gasteiger partial charge in [0.15, 0.2) is 0 Å². The maximum Gasteiger partial charge on any atom is 0.305 e. The van der Waals surface area contributed by atoms with Gasteiger partial charge in [0.2, 0.25) is 5.91 Å². The Morgan fingerprint density at radius 3 is 0.910 bits per heavy atom. The molecular formula is C72H139NO5. The van der Waals surface area contributed by atoms with Crippen LogP contribution >= 0.6 is 0 Å². The van der Waals surface area contributed by atoms with Gasteiger partial charge in [-0.2, -0.15) is 0 Å². The van der Waals surface area contributed by atoms with E-state index in [1.165, 1.54) is 327 Å². The topological polar surface area (TPSA) is 95.9 Å². The molecule has 6 nitrogen and oxygen atoms in total. The van der Waals surface area contributed by atoms with Crippen molar-refractivity contribution >= 4 is 11.9 Å². The highest BCUT2D eigenvalue weighted by Gasteiger charge is 2.18. The maximum absolute atomic E-state index is 12.5. The Kier molecular flexibility index (Phi) is 66.4. The van der Waals surface area contributed by atoms with E-state index in [4.69, 9.17) is 4.74 Å². The number of carbonyl (C=O) groups excluding carboxylic acids is 2. The van der Waals surface area contributed by atoms with E-state index >= 15 is 0 Å². The van der Waals surface area contributed by atoms with Gasteiger partial charge in [0, 0.05) is 12.8 Å². The lowest BCUT2D eigenvalue weighted by Crippen LogP contribution is -2.45. The fourth-order valence-corrected chi connectivity index (χ4v) is 11.3. The minimum atomic E-state index is -0.844. The number of hydrogen-bond donors (Lipinski definition) is 3. The second-order valence-corrected chi connectivity index (χ2v) is 24.6. The first-order chi connectivity index (χ1) is 38.5. The largest absolute Gasteiger partial charge is 0.466 e. The first-order valence-electron chi connectivity index (χ1n) is 35.6. The molecule has 0 spiro atoms. The molecule has 1 amide bonds. The predicted octanol–water partition coefficient (Wildman–Crippen LogP) is 22.9. The van der Waals surface area contributed by atoms with Crippen LogP contribution in [0.2, 0.25) is 0 Å². The molecule has 3 N–H and O–H groups in total. The minimum absolute atomic E-state index is 0.0135. The van der Waals surface area contributed by atoms with E-state index in [0.29, 0.717) is 19.4 Å². The van der Waals surface area contributed by atoms with E-state index in [1.54, 1.807) is 6.08 Å². The Balaban J connectivity index is 3.37. The Bertz CT molecular complexity index is 1220. The zero-order chi connectivity index (χ0) is 56.4. The molecule has 78 heavy (non-hydrogen) atoms. The molecule has 462 valence electrons. The summed E-state index contributed by atoms with van der Waals surface area (Å²) >= 11 is 0. The summed E-state index contributed by atoms with van der Waals surface area (Å²) in [6.07, 6.45) is 85.4. The molecule has 0 aromatic heterocycles. The number of ether oxygens (including phenoxy) is 1. The predicted molar refractivity (Wildman–Crippen MR) is 343 cm³/mol. The maximum atomic E-state index is 12.5. The molecule has 6 heteroatoms. The number of allylic oxidation sites excluding steroid dienone is 3. The van der Waals surface area contributed by atoms with Crippen LogP contribution < -0.4 is 5.32 Å². The van der Waals surface area contributed by atoms with Crippen molar-refractivity contribution in [3.8, 4) is 0 Å². The van der Waals surface area contributed by atoms with Gasteiger partial charge in [-0.1, -0.05) is 353 Å². The summed E-state index contributed by atoms with van der Waals surface area (Å²) in [5.41, 5.74) is 0. The van der Waals surface area contributed by atoms with Crippen molar-refractivity contribution in [2.45, 2.75) is 411 Å². The van der Waals surface area contributed by atoms with Crippen LogP contribution in [0.1, 0.15) is 399 Å². The van der Waals surface area contributed by atoms with Gasteiger partial charge in [0.25, 0.3) is 0 Å². The second kappa shape index (κ2) is 67.8. The van der Waals surface area contributed by atoms with E-state index in [2.05, 4.69) is 31.3 Å². The standard InChI is InChI=1S/C72H139NO5/c1-3-5-7-9-11-13-15-17-19-21-29-33-36-40-44-48-52-56-60-64-70(75)69(68-74)73-71(76)65-61-57-53-49-45-41-37-34-30-27-25-23-22-24-26-28-31-35-39-43-47-51-55-59-63-67-78-72(77)66-62-58-54-50-46-42-38-32-20-18-16-14-12-10-8-6-4-2/h18,20,60,64,69-70,74-75H,3-17,19,21-59,61-63,65-68H2,1-2H3,(H,73,76)/b20-18-,64-60+. The molecule has 0 aliphatic carbocycles. The highest BCUT2D eigenvalue weighted by molar-refractivity contribution is 5.76. The molecule has 2 atom stereocenters. The van der Waals surface area contributed by atoms with Crippen LogP contribution in [0.25, 0.3) is 0 Å². The highest BCUT2D eigenvalue weighted by atomic mass is 16.5. The number of rotatable bonds is 67. The summed E-state index contributed by atoms with van der Waals surface area (Å²) in [6, 6.07) is -0.627. The number of unbranched alkanes of at least 4 members (excludes halogenated alkanes) is 54. The number of aliphatic hydroxyl groups is 2. The summed E-state index contributed by atoms with van der Waals surface area (Å²) in [4.78, 5) is 24.6. The zero-order valence-corrected chi connectivity index (χ0v) is 52.9. The van der Waals surface area contributed by atoms with Crippen LogP contribution in [0.3, 0.4) is 0 Å². The van der Waals surface area contributed by atoms with E-state index in [1.807, 2.05) is 6.08 Å². The second-order valence-electron chi connectivity index (χ2n) is 24.6. The molecule has 0 radical (unpaired) electrons. The average molecular weight is 1100 g/mol. The van der Waals surface area contributed by atoms with Gasteiger partial charge in [-0.05, 0) is 57.8 Å². The van der Waals surface area contributed by atoms with Crippen molar-refractivity contribution < 1.29 is 24.5 Å². The van der Waals surface area contributed by atoms with E-state index in [0.717, 1.165) is 44.9 Å². The van der Waals surface area contributed by atoms with Gasteiger partial charge >= 0.3 is 5.97 Å². The number of hydrogen-bond acceptors (Lipinski definition) is 5. The van der Waals surface area contributed by atoms with Crippen LogP contribution in [0.5, 0.6) is 0 Å². The van der Waals surface area contributed by atoms with Crippen molar-refractivity contribution in [2.75, 3.05) is 13.2 Å². The number of nitrogens with one attached hydrogen (secondary N) is 1. The Labute approximate surface area is 488 Å². The Morgan fingerprint density at radius 1 is 0.346 bits per heavy atom. The molecule has 0 rings (SSSR count). The third-order valence-corrected chi connectivity index (χ3v) is 16.7. The van der Waals surface area contributed by atoms with Gasteiger partial charge in [0.05, 0.1) is 25.4 Å². The van der Waals surface area contributed by atoms with Crippen molar-refractivity contribution in [1.29, 1.82) is 0 Å². The first kappa shape index (κ1) is 76.3. The Morgan fingerprint density at radius 2 is 0.603 bits per heavy atom. The third kappa shape index (κ3) is 63.5. The van der Waals surface area contributed by atoms with Crippen molar-refractivity contribution in [2.24, 2.45) is 0 Å². The molecule has 0 aliphatic heterocycles. The van der Waals surface area contributed by atoms with Gasteiger partial charge in [-0.15, -0.1) is 0 Å². The summed E-state index contributed by atoms with van der Waals surface area (Å²) in [7, 11) is 0. The molecule has 0 aliphatic rings. The monoisotopic (exact) mass is 1100 g/mol. The Hall–Kier alpha value is -1.66. The van der Waals surface area contributed by atoms with E-state index in [9.17, 15) is 19.8 Å². The minimum Gasteiger partial charge on any atom is -0.466 e. The van der Waals surface area contributed by atoms with Gasteiger partial charge in [-0.25, -0.2) is 0 Å². The lowest BCUT2D eigenvalue weighted by atomic mass is 10.0. The zero-order valence-electron chi connectivity index (χ0n) is 52.9. The van der Waals surface area contributed by atoms with Crippen LogP contribution in [-0.4, -0.2) is 47.4 Å². The lowest BCUT2D eigenvalue weighted by molar-refractivity contribution is -0.143. The molecule has 0 saturated carbocycles. The number of esters is 1. The van der Waals surface area contributed by atoms with Gasteiger partial charge < -0.3 is 20.3 Å². The van der Waals surface area contributed by atoms with Crippen molar-refractivity contribution in [3.63, 3.8) is 0 Å². The molecule has 0 aromatic rings. The van der Waals surface area contributed by atoms with E-state index < -0.39 is 12.1 Å². The molecule has 0 saturated heterocycles. The molecule has 0 bridgehead atoms. The normalized spacial score (nSPS) is 12.6. The number of aliphatic hydroxyl groups excluding tert-OH is 2. The van der Waals surface area contributed by atoms with Crippen molar-refractivity contribution in [1.82, 2.24) is 5.32 Å². The lowest BCUT2D eigenvalue weighted by Gasteiger charge is -2.20. The molecule has 0 heterocycles. The van der Waals surface area contributed by atoms with Crippen molar-refractivity contribution in [3.05, 3.63) is 24.3 Å². The molecule has 0 fully saturated rings. The smallest absolute Gasteiger partial charge is 0.305 e. The molecule has 2 unspecified atom stereocenters. The van der Waals surface area contributed by atoms with Gasteiger partial charge in [-0.3, -0.25) is 9.59 Å². The fourth-order valence-electron chi connectivity index (χ4n) is 11.3. The van der Waals surface area contributed by atoms with Crippen LogP contribution in [0.15, 0.2) is 24.3 Å². The molecular weight excluding hydrogens is 959 g/mol. The van der Waals surface area contributed by atoms with Crippen LogP contribution in [-0.2, 0) is 14.3 Å². The van der Waals surface area contributed by atoms with Crippen LogP contribution in [0, 0.1) is 0 Å². The third-order valence-electron chi connectivity index (χ3n) is 16.7. The average Bonchev–Trinajstić information content (AvgIpc) is 3.44. The van der Waals surface area contributed by atoms with Crippen LogP contribution in [0.4, 0.5) is 0 Å². The summed E-state index contributed by atoms with van der Waals surface area (Å²) in [6.45, 7) is 4.94. The summed E-state index contributed by atoms with van der Waals surface area (Å²) < 4.78 is 5.50. The number of carbonyl (C=O) groups is 2. The van der Waals surface area contributed by atoms with Gasteiger partial charge in [0.1, 0.15) is 0 Å². The molecule has 0 aromatic carbocycles. The fraction of sp³-hybridized carbons (Fsp3) is 0.917. The first-order valence-corrected chi connectivity index (χ1v) is 35.6. The summed E-state index contributed by atoms with van der Waals surface area (Å²) in [5, 5.41) is 23.2. The highest BCUT2D eigenvalue weighted by Crippen LogP contribution is 2.19. The SMILES string of the molecule is CCCCCCCC/C=C\CCCCCCCCCC(=O)OCCCCCCCCCCCCCCCCCCCCCCCCCCCC(=O)NC(CO)C(O)/C=C/CCCCCCCCCCCCCCCCCCC. The summed E-state index contributed by atoms with van der Waals surface area (Å²) in [5.74, 6) is -0.0491.